The molecule has 0 aliphatic heterocycles. The van der Waals surface area contributed by atoms with E-state index in [1.807, 2.05) is 24.3 Å². The lowest BCUT2D eigenvalue weighted by Gasteiger charge is -2.08. The fourth-order valence-corrected chi connectivity index (χ4v) is 3.20. The van der Waals surface area contributed by atoms with E-state index in [2.05, 4.69) is 13.8 Å². The molecule has 0 aromatic heterocycles. The van der Waals surface area contributed by atoms with E-state index in [-0.39, 0.29) is 12.4 Å². The molecule has 0 radical (unpaired) electrons. The Kier molecular flexibility index (Phi) is 5.26. The lowest BCUT2D eigenvalue weighted by atomic mass is 10.0. The molecule has 1 unspecified atom stereocenters. The van der Waals surface area contributed by atoms with E-state index >= 15 is 0 Å². The second kappa shape index (κ2) is 6.96. The minimum Gasteiger partial charge on any atom is -0.326 e. The van der Waals surface area contributed by atoms with Gasteiger partial charge in [0.05, 0.1) is 16.6 Å². The van der Waals surface area contributed by atoms with Crippen molar-refractivity contribution in [3.63, 3.8) is 0 Å². The van der Waals surface area contributed by atoms with E-state index < -0.39 is 10.8 Å². The Bertz CT molecular complexity index is 638. The van der Waals surface area contributed by atoms with E-state index in [1.165, 1.54) is 11.6 Å². The van der Waals surface area contributed by atoms with Crippen LogP contribution in [0.15, 0.2) is 47.4 Å². The molecule has 2 nitrogen and oxygen atoms in total. The molecule has 0 spiro atoms. The first-order valence-electron chi connectivity index (χ1n) is 6.97. The third kappa shape index (κ3) is 3.99. The highest BCUT2D eigenvalue weighted by Crippen LogP contribution is 2.19. The summed E-state index contributed by atoms with van der Waals surface area (Å²) in [6.45, 7) is 4.40. The summed E-state index contributed by atoms with van der Waals surface area (Å²) in [5.41, 5.74) is 8.01. The molecule has 0 saturated heterocycles. The van der Waals surface area contributed by atoms with Crippen LogP contribution in [-0.4, -0.2) is 4.21 Å². The summed E-state index contributed by atoms with van der Waals surface area (Å²) < 4.78 is 25.8. The minimum absolute atomic E-state index is 0.148. The zero-order chi connectivity index (χ0) is 15.4. The first kappa shape index (κ1) is 15.9. The Labute approximate surface area is 127 Å². The number of halogens is 1. The largest absolute Gasteiger partial charge is 0.326 e. The monoisotopic (exact) mass is 305 g/mol. The first-order chi connectivity index (χ1) is 10.0. The second-order valence-corrected chi connectivity index (χ2v) is 6.79. The van der Waals surface area contributed by atoms with Gasteiger partial charge in [0, 0.05) is 17.0 Å². The predicted octanol–water partition coefficient (Wildman–Crippen LogP) is 3.72. The van der Waals surface area contributed by atoms with E-state index in [0.29, 0.717) is 17.2 Å². The summed E-state index contributed by atoms with van der Waals surface area (Å²) in [6, 6.07) is 12.6. The van der Waals surface area contributed by atoms with Crippen molar-refractivity contribution in [3.8, 4) is 0 Å². The van der Waals surface area contributed by atoms with Gasteiger partial charge in [-0.2, -0.15) is 0 Å². The van der Waals surface area contributed by atoms with E-state index in [9.17, 15) is 8.60 Å². The van der Waals surface area contributed by atoms with Crippen LogP contribution < -0.4 is 5.73 Å². The Balaban J connectivity index is 2.14. The summed E-state index contributed by atoms with van der Waals surface area (Å²) in [5, 5.41) is 0. The summed E-state index contributed by atoms with van der Waals surface area (Å²) in [7, 11) is -1.14. The molecule has 1 atom stereocenters. The van der Waals surface area contributed by atoms with Crippen molar-refractivity contribution < 1.29 is 8.60 Å². The minimum atomic E-state index is -1.14. The van der Waals surface area contributed by atoms with Crippen molar-refractivity contribution in [2.75, 3.05) is 0 Å². The van der Waals surface area contributed by atoms with Gasteiger partial charge in [-0.1, -0.05) is 38.1 Å². The molecule has 0 aliphatic rings. The van der Waals surface area contributed by atoms with Crippen LogP contribution in [-0.2, 0) is 23.1 Å². The standard InChI is InChI=1S/C17H20FNOS/c1-12(2)14-4-6-16(7-5-14)21(20)11-13-3-8-17(18)15(9-13)10-19/h3-9,12H,10-11,19H2,1-2H3. The molecule has 0 saturated carbocycles. The molecule has 2 aromatic carbocycles. The SMILES string of the molecule is CC(C)c1ccc(S(=O)Cc2ccc(F)c(CN)c2)cc1. The van der Waals surface area contributed by atoms with Gasteiger partial charge in [-0.15, -0.1) is 0 Å². The van der Waals surface area contributed by atoms with Crippen LogP contribution in [0.3, 0.4) is 0 Å². The highest BCUT2D eigenvalue weighted by molar-refractivity contribution is 7.84. The summed E-state index contributed by atoms with van der Waals surface area (Å²) >= 11 is 0. The lowest BCUT2D eigenvalue weighted by molar-refractivity contribution is 0.610. The Morgan fingerprint density at radius 1 is 1.14 bits per heavy atom. The number of hydrogen-bond acceptors (Lipinski definition) is 2. The average Bonchev–Trinajstić information content (AvgIpc) is 2.49. The van der Waals surface area contributed by atoms with E-state index in [1.54, 1.807) is 12.1 Å². The molecule has 2 rings (SSSR count). The number of hydrogen-bond donors (Lipinski definition) is 1. The molecule has 2 N–H and O–H groups in total. The highest BCUT2D eigenvalue weighted by Gasteiger charge is 2.08. The fraction of sp³-hybridized carbons (Fsp3) is 0.294. The second-order valence-electron chi connectivity index (χ2n) is 5.34. The first-order valence-corrected chi connectivity index (χ1v) is 8.29. The molecule has 112 valence electrons. The molecular formula is C17H20FNOS. The van der Waals surface area contributed by atoms with Crippen molar-refractivity contribution in [1.29, 1.82) is 0 Å². The lowest BCUT2D eigenvalue weighted by Crippen LogP contribution is -2.03. The maximum Gasteiger partial charge on any atom is 0.127 e. The van der Waals surface area contributed by atoms with Gasteiger partial charge in [-0.25, -0.2) is 4.39 Å². The van der Waals surface area contributed by atoms with Crippen molar-refractivity contribution in [3.05, 3.63) is 65.0 Å². The molecule has 0 fully saturated rings. The van der Waals surface area contributed by atoms with Gasteiger partial charge >= 0.3 is 0 Å². The summed E-state index contributed by atoms with van der Waals surface area (Å²) in [5.74, 6) is 0.513. The molecule has 0 amide bonds. The van der Waals surface area contributed by atoms with Crippen molar-refractivity contribution >= 4 is 10.8 Å². The molecular weight excluding hydrogens is 285 g/mol. The van der Waals surface area contributed by atoms with Crippen LogP contribution >= 0.6 is 0 Å². The summed E-state index contributed by atoms with van der Waals surface area (Å²) in [6.07, 6.45) is 0. The Morgan fingerprint density at radius 3 is 2.38 bits per heavy atom. The average molecular weight is 305 g/mol. The van der Waals surface area contributed by atoms with Crippen molar-refractivity contribution in [2.45, 2.75) is 37.0 Å². The zero-order valence-electron chi connectivity index (χ0n) is 12.3. The number of nitrogens with two attached hydrogens (primary N) is 1. The smallest absolute Gasteiger partial charge is 0.127 e. The van der Waals surface area contributed by atoms with Gasteiger partial charge in [-0.3, -0.25) is 4.21 Å². The molecule has 0 bridgehead atoms. The van der Waals surface area contributed by atoms with E-state index in [4.69, 9.17) is 5.73 Å². The number of benzene rings is 2. The third-order valence-corrected chi connectivity index (χ3v) is 4.83. The zero-order valence-corrected chi connectivity index (χ0v) is 13.1. The van der Waals surface area contributed by atoms with Gasteiger partial charge in [0.2, 0.25) is 0 Å². The van der Waals surface area contributed by atoms with Crippen LogP contribution in [0.4, 0.5) is 4.39 Å². The fourth-order valence-electron chi connectivity index (χ4n) is 2.11. The van der Waals surface area contributed by atoms with Crippen LogP contribution in [0.2, 0.25) is 0 Å². The normalized spacial score (nSPS) is 12.6. The van der Waals surface area contributed by atoms with Crippen molar-refractivity contribution in [1.82, 2.24) is 0 Å². The van der Waals surface area contributed by atoms with Crippen LogP contribution in [0.25, 0.3) is 0 Å². The number of rotatable bonds is 5. The van der Waals surface area contributed by atoms with Gasteiger partial charge in [0.1, 0.15) is 5.82 Å². The molecule has 21 heavy (non-hydrogen) atoms. The topological polar surface area (TPSA) is 43.1 Å². The molecule has 2 aromatic rings. The van der Waals surface area contributed by atoms with Gasteiger partial charge in [-0.05, 0) is 35.2 Å². The van der Waals surface area contributed by atoms with Gasteiger partial charge in [0.25, 0.3) is 0 Å². The molecule has 0 heterocycles. The molecule has 4 heteroatoms. The van der Waals surface area contributed by atoms with Crippen LogP contribution in [0.1, 0.15) is 36.5 Å². The Hall–Kier alpha value is -1.52. The van der Waals surface area contributed by atoms with Crippen LogP contribution in [0, 0.1) is 5.82 Å². The van der Waals surface area contributed by atoms with Crippen molar-refractivity contribution in [2.24, 2.45) is 5.73 Å². The summed E-state index contributed by atoms with van der Waals surface area (Å²) in [4.78, 5) is 0.790. The maximum absolute atomic E-state index is 13.4. The Morgan fingerprint density at radius 2 is 1.81 bits per heavy atom. The highest BCUT2D eigenvalue weighted by atomic mass is 32.2. The maximum atomic E-state index is 13.4. The molecule has 0 aliphatic carbocycles. The predicted molar refractivity (Wildman–Crippen MR) is 84.9 cm³/mol. The van der Waals surface area contributed by atoms with Crippen LogP contribution in [0.5, 0.6) is 0 Å². The quantitative estimate of drug-likeness (QED) is 0.915. The van der Waals surface area contributed by atoms with E-state index in [0.717, 1.165) is 10.5 Å². The van der Waals surface area contributed by atoms with Gasteiger partial charge < -0.3 is 5.73 Å². The third-order valence-electron chi connectivity index (χ3n) is 3.44. The van der Waals surface area contributed by atoms with Gasteiger partial charge in [0.15, 0.2) is 0 Å².